The van der Waals surface area contributed by atoms with Crippen molar-refractivity contribution in [1.29, 1.82) is 5.26 Å². The molecule has 2 aliphatic heterocycles. The van der Waals surface area contributed by atoms with Crippen molar-refractivity contribution in [3.63, 3.8) is 0 Å². The highest BCUT2D eigenvalue weighted by Crippen LogP contribution is 2.45. The average Bonchev–Trinajstić information content (AvgIpc) is 2.63. The molecule has 2 aromatic rings. The molecule has 4 heteroatoms. The van der Waals surface area contributed by atoms with Crippen LogP contribution >= 0.6 is 0 Å². The van der Waals surface area contributed by atoms with Gasteiger partial charge in [0, 0.05) is 30.4 Å². The minimum absolute atomic E-state index is 0.351. The highest BCUT2D eigenvalue weighted by molar-refractivity contribution is 5.36. The minimum Gasteiger partial charge on any atom is -0.385 e. The molecule has 3 heterocycles. The number of nitriles is 1. The quantitative estimate of drug-likeness (QED) is 0.936. The van der Waals surface area contributed by atoms with Crippen LogP contribution in [0.4, 0.5) is 0 Å². The number of rotatable bonds is 3. The summed E-state index contributed by atoms with van der Waals surface area (Å²) in [5, 5.41) is 20.8. The zero-order chi connectivity index (χ0) is 17.3. The second-order valence-electron chi connectivity index (χ2n) is 7.35. The van der Waals surface area contributed by atoms with E-state index in [1.165, 1.54) is 12.0 Å². The van der Waals surface area contributed by atoms with Gasteiger partial charge in [-0.2, -0.15) is 5.26 Å². The smallest absolute Gasteiger partial charge is 0.146 e. The molecular weight excluding hydrogens is 310 g/mol. The van der Waals surface area contributed by atoms with Gasteiger partial charge in [0.1, 0.15) is 11.8 Å². The van der Waals surface area contributed by atoms with E-state index in [-0.39, 0.29) is 0 Å². The Morgan fingerprint density at radius 2 is 1.84 bits per heavy atom. The fourth-order valence-corrected chi connectivity index (χ4v) is 4.66. The van der Waals surface area contributed by atoms with Gasteiger partial charge in [0.25, 0.3) is 0 Å². The van der Waals surface area contributed by atoms with Crippen molar-refractivity contribution in [2.45, 2.75) is 56.3 Å². The second kappa shape index (κ2) is 6.59. The number of aromatic nitrogens is 1. The number of hydrogen-bond acceptors (Lipinski definition) is 4. The summed E-state index contributed by atoms with van der Waals surface area (Å²) in [7, 11) is 0. The third kappa shape index (κ3) is 3.06. The van der Waals surface area contributed by atoms with Gasteiger partial charge in [0.05, 0.1) is 5.60 Å². The van der Waals surface area contributed by atoms with E-state index < -0.39 is 5.60 Å². The Bertz CT molecular complexity index is 769. The first-order valence-electron chi connectivity index (χ1n) is 9.07. The van der Waals surface area contributed by atoms with Crippen LogP contribution < -0.4 is 0 Å². The third-order valence-corrected chi connectivity index (χ3v) is 5.78. The lowest BCUT2D eigenvalue weighted by Gasteiger charge is -2.52. The number of hydrogen-bond donors (Lipinski definition) is 1. The molecule has 2 aliphatic rings. The molecule has 0 aliphatic carbocycles. The van der Waals surface area contributed by atoms with Gasteiger partial charge in [-0.25, -0.2) is 4.98 Å². The summed E-state index contributed by atoms with van der Waals surface area (Å²) in [5.74, 6) is 0. The molecule has 2 bridgehead atoms. The molecule has 0 radical (unpaired) electrons. The summed E-state index contributed by atoms with van der Waals surface area (Å²) < 4.78 is 0. The molecule has 2 unspecified atom stereocenters. The van der Waals surface area contributed by atoms with Gasteiger partial charge in [-0.15, -0.1) is 0 Å². The van der Waals surface area contributed by atoms with Crippen molar-refractivity contribution in [3.8, 4) is 6.07 Å². The van der Waals surface area contributed by atoms with Gasteiger partial charge in [0.15, 0.2) is 0 Å². The number of benzene rings is 1. The van der Waals surface area contributed by atoms with E-state index in [4.69, 9.17) is 0 Å². The van der Waals surface area contributed by atoms with Crippen LogP contribution in [0.15, 0.2) is 48.7 Å². The lowest BCUT2D eigenvalue weighted by atomic mass is 9.72. The molecule has 25 heavy (non-hydrogen) atoms. The zero-order valence-corrected chi connectivity index (χ0v) is 14.3. The first kappa shape index (κ1) is 16.3. The summed E-state index contributed by atoms with van der Waals surface area (Å²) in [6, 6.07) is 17.1. The molecule has 1 aromatic heterocycles. The van der Waals surface area contributed by atoms with E-state index in [0.29, 0.717) is 36.2 Å². The number of pyridine rings is 1. The molecule has 1 aromatic carbocycles. The van der Waals surface area contributed by atoms with Crippen molar-refractivity contribution in [1.82, 2.24) is 9.88 Å². The highest BCUT2D eigenvalue weighted by Gasteiger charge is 2.47. The fraction of sp³-hybridized carbons (Fsp3) is 0.429. The van der Waals surface area contributed by atoms with Gasteiger partial charge >= 0.3 is 0 Å². The first-order chi connectivity index (χ1) is 12.2. The lowest BCUT2D eigenvalue weighted by Crippen LogP contribution is -2.56. The second-order valence-corrected chi connectivity index (χ2v) is 7.35. The Hall–Kier alpha value is -2.22. The Morgan fingerprint density at radius 3 is 2.52 bits per heavy atom. The molecule has 4 rings (SSSR count). The van der Waals surface area contributed by atoms with E-state index in [2.05, 4.69) is 40.2 Å². The van der Waals surface area contributed by atoms with Crippen LogP contribution in [0.1, 0.15) is 48.9 Å². The molecule has 2 fully saturated rings. The predicted octanol–water partition coefficient (Wildman–Crippen LogP) is 3.36. The van der Waals surface area contributed by atoms with Crippen molar-refractivity contribution >= 4 is 0 Å². The predicted molar refractivity (Wildman–Crippen MR) is 95.5 cm³/mol. The standard InChI is InChI=1S/C21H23N3O/c22-14-20-19(10-5-11-23-20)21(25)12-17-8-4-9-18(13-21)24(17)15-16-6-2-1-3-7-16/h1-3,5-7,10-11,17-18,25H,4,8-9,12-13,15H2. The van der Waals surface area contributed by atoms with Gasteiger partial charge in [-0.1, -0.05) is 42.8 Å². The number of piperidine rings is 2. The van der Waals surface area contributed by atoms with Crippen LogP contribution in [0, 0.1) is 11.3 Å². The highest BCUT2D eigenvalue weighted by atomic mass is 16.3. The van der Waals surface area contributed by atoms with Crippen molar-refractivity contribution in [2.24, 2.45) is 0 Å². The average molecular weight is 333 g/mol. The van der Waals surface area contributed by atoms with E-state index in [1.54, 1.807) is 6.20 Å². The molecule has 4 nitrogen and oxygen atoms in total. The summed E-state index contributed by atoms with van der Waals surface area (Å²) in [6.45, 7) is 0.935. The summed E-state index contributed by atoms with van der Waals surface area (Å²) >= 11 is 0. The molecule has 2 saturated heterocycles. The number of nitrogens with zero attached hydrogens (tertiary/aromatic N) is 3. The van der Waals surface area contributed by atoms with Gasteiger partial charge in [-0.05, 0) is 37.3 Å². The molecule has 128 valence electrons. The topological polar surface area (TPSA) is 60.1 Å². The molecule has 1 N–H and O–H groups in total. The Balaban J connectivity index is 1.62. The molecule has 0 spiro atoms. The van der Waals surface area contributed by atoms with Crippen molar-refractivity contribution in [2.75, 3.05) is 0 Å². The zero-order valence-electron chi connectivity index (χ0n) is 14.3. The van der Waals surface area contributed by atoms with Gasteiger partial charge < -0.3 is 5.11 Å². The normalized spacial score (nSPS) is 29.1. The van der Waals surface area contributed by atoms with E-state index in [9.17, 15) is 10.4 Å². The van der Waals surface area contributed by atoms with Crippen LogP contribution in [-0.2, 0) is 12.1 Å². The maximum Gasteiger partial charge on any atom is 0.146 e. The SMILES string of the molecule is N#Cc1ncccc1C1(O)CC2CCCC(C1)N2Cc1ccccc1. The Morgan fingerprint density at radius 1 is 1.12 bits per heavy atom. The van der Waals surface area contributed by atoms with Crippen molar-refractivity contribution < 1.29 is 5.11 Å². The van der Waals surface area contributed by atoms with E-state index in [1.807, 2.05) is 18.2 Å². The Kier molecular flexibility index (Phi) is 4.29. The Labute approximate surface area is 148 Å². The summed E-state index contributed by atoms with van der Waals surface area (Å²) in [4.78, 5) is 6.73. The largest absolute Gasteiger partial charge is 0.385 e. The van der Waals surface area contributed by atoms with Gasteiger partial charge in [0.2, 0.25) is 0 Å². The molecular formula is C21H23N3O. The van der Waals surface area contributed by atoms with Crippen LogP contribution in [-0.4, -0.2) is 27.1 Å². The van der Waals surface area contributed by atoms with Gasteiger partial charge in [-0.3, -0.25) is 4.90 Å². The lowest BCUT2D eigenvalue weighted by molar-refractivity contribution is -0.100. The van der Waals surface area contributed by atoms with Crippen LogP contribution in [0.3, 0.4) is 0 Å². The number of fused-ring (bicyclic) bond motifs is 2. The van der Waals surface area contributed by atoms with E-state index in [0.717, 1.165) is 19.4 Å². The monoisotopic (exact) mass is 333 g/mol. The molecule has 0 saturated carbocycles. The summed E-state index contributed by atoms with van der Waals surface area (Å²) in [6.07, 6.45) is 6.40. The molecule has 0 amide bonds. The maximum absolute atomic E-state index is 11.4. The third-order valence-electron chi connectivity index (χ3n) is 5.78. The van der Waals surface area contributed by atoms with E-state index >= 15 is 0 Å². The fourth-order valence-electron chi connectivity index (χ4n) is 4.66. The van der Waals surface area contributed by atoms with Crippen LogP contribution in [0.5, 0.6) is 0 Å². The van der Waals surface area contributed by atoms with Crippen LogP contribution in [0.2, 0.25) is 0 Å². The minimum atomic E-state index is -0.942. The van der Waals surface area contributed by atoms with Crippen LogP contribution in [0.25, 0.3) is 0 Å². The summed E-state index contributed by atoms with van der Waals surface area (Å²) in [5.41, 5.74) is 1.44. The number of aliphatic hydroxyl groups is 1. The molecule has 2 atom stereocenters. The maximum atomic E-state index is 11.4. The first-order valence-corrected chi connectivity index (χ1v) is 9.07. The van der Waals surface area contributed by atoms with Crippen molar-refractivity contribution in [3.05, 3.63) is 65.5 Å².